The Hall–Kier alpha value is -1.09. The highest BCUT2D eigenvalue weighted by molar-refractivity contribution is 5.40. The van der Waals surface area contributed by atoms with E-state index in [1.165, 1.54) is 12.1 Å². The topological polar surface area (TPSA) is 35.2 Å². The molecule has 0 aromatic heterocycles. The van der Waals surface area contributed by atoms with Gasteiger partial charge in [-0.05, 0) is 36.4 Å². The molecule has 2 unspecified atom stereocenters. The maximum atomic E-state index is 12.9. The molecular formula is C11H14FNO. The van der Waals surface area contributed by atoms with Gasteiger partial charge in [0.1, 0.15) is 11.6 Å². The van der Waals surface area contributed by atoms with Gasteiger partial charge in [0, 0.05) is 6.07 Å². The Bertz CT molecular complexity index is 340. The van der Waals surface area contributed by atoms with E-state index in [-0.39, 0.29) is 5.82 Å². The van der Waals surface area contributed by atoms with Gasteiger partial charge in [-0.25, -0.2) is 4.39 Å². The maximum absolute atomic E-state index is 12.9. The van der Waals surface area contributed by atoms with Crippen molar-refractivity contribution in [3.05, 3.63) is 29.6 Å². The van der Waals surface area contributed by atoms with Crippen LogP contribution in [-0.2, 0) is 0 Å². The van der Waals surface area contributed by atoms with Crippen molar-refractivity contribution < 1.29 is 9.13 Å². The molecule has 2 rings (SSSR count). The van der Waals surface area contributed by atoms with Crippen molar-refractivity contribution in [2.45, 2.75) is 12.3 Å². The van der Waals surface area contributed by atoms with Crippen LogP contribution in [0, 0.1) is 11.7 Å². The number of halogens is 1. The van der Waals surface area contributed by atoms with Crippen LogP contribution in [0.3, 0.4) is 0 Å². The molecule has 1 aliphatic carbocycles. The van der Waals surface area contributed by atoms with Crippen LogP contribution >= 0.6 is 0 Å². The third-order valence-corrected chi connectivity index (χ3v) is 2.82. The molecule has 0 amide bonds. The molecule has 0 aliphatic heterocycles. The Morgan fingerprint density at radius 1 is 1.57 bits per heavy atom. The maximum Gasteiger partial charge on any atom is 0.126 e. The summed E-state index contributed by atoms with van der Waals surface area (Å²) in [4.78, 5) is 0. The monoisotopic (exact) mass is 195 g/mol. The Morgan fingerprint density at radius 3 is 2.93 bits per heavy atom. The van der Waals surface area contributed by atoms with E-state index in [1.807, 2.05) is 0 Å². The van der Waals surface area contributed by atoms with Crippen LogP contribution in [-0.4, -0.2) is 13.7 Å². The quantitative estimate of drug-likeness (QED) is 0.799. The minimum absolute atomic E-state index is 0.254. The molecule has 1 saturated carbocycles. The van der Waals surface area contributed by atoms with Gasteiger partial charge in [-0.15, -0.1) is 0 Å². The van der Waals surface area contributed by atoms with Gasteiger partial charge >= 0.3 is 0 Å². The summed E-state index contributed by atoms with van der Waals surface area (Å²) in [6.45, 7) is 0.700. The molecule has 0 radical (unpaired) electrons. The van der Waals surface area contributed by atoms with Crippen LogP contribution in [0.2, 0.25) is 0 Å². The van der Waals surface area contributed by atoms with Crippen molar-refractivity contribution in [1.29, 1.82) is 0 Å². The van der Waals surface area contributed by atoms with Gasteiger partial charge in [0.15, 0.2) is 0 Å². The Labute approximate surface area is 82.9 Å². The first-order valence-corrected chi connectivity index (χ1v) is 4.79. The smallest absolute Gasteiger partial charge is 0.126 e. The van der Waals surface area contributed by atoms with E-state index in [4.69, 9.17) is 10.5 Å². The summed E-state index contributed by atoms with van der Waals surface area (Å²) in [7, 11) is 1.57. The third kappa shape index (κ3) is 1.60. The van der Waals surface area contributed by atoms with Gasteiger partial charge in [0.05, 0.1) is 7.11 Å². The normalized spacial score (nSPS) is 24.8. The van der Waals surface area contributed by atoms with Crippen LogP contribution in [0.5, 0.6) is 5.75 Å². The van der Waals surface area contributed by atoms with Crippen LogP contribution in [0.1, 0.15) is 17.9 Å². The van der Waals surface area contributed by atoms with Gasteiger partial charge in [-0.3, -0.25) is 0 Å². The van der Waals surface area contributed by atoms with Crippen LogP contribution in [0.4, 0.5) is 4.39 Å². The molecule has 0 saturated heterocycles. The minimum Gasteiger partial charge on any atom is -0.496 e. The number of rotatable bonds is 3. The number of hydrogen-bond acceptors (Lipinski definition) is 2. The fraction of sp³-hybridized carbons (Fsp3) is 0.455. The zero-order valence-corrected chi connectivity index (χ0v) is 8.16. The molecule has 2 atom stereocenters. The molecule has 3 heteroatoms. The number of benzene rings is 1. The first-order valence-electron chi connectivity index (χ1n) is 4.79. The second-order valence-electron chi connectivity index (χ2n) is 3.72. The zero-order valence-electron chi connectivity index (χ0n) is 8.16. The fourth-order valence-electron chi connectivity index (χ4n) is 1.88. The lowest BCUT2D eigenvalue weighted by molar-refractivity contribution is 0.405. The largest absolute Gasteiger partial charge is 0.496 e. The van der Waals surface area contributed by atoms with E-state index >= 15 is 0 Å². The average molecular weight is 195 g/mol. The highest BCUT2D eigenvalue weighted by atomic mass is 19.1. The first-order chi connectivity index (χ1) is 6.76. The number of nitrogens with two attached hydrogens (primary N) is 1. The van der Waals surface area contributed by atoms with Gasteiger partial charge in [0.25, 0.3) is 0 Å². The summed E-state index contributed by atoms with van der Waals surface area (Å²) in [6.07, 6.45) is 1.10. The highest BCUT2D eigenvalue weighted by Gasteiger charge is 2.38. The van der Waals surface area contributed by atoms with E-state index in [0.717, 1.165) is 12.0 Å². The lowest BCUT2D eigenvalue weighted by Crippen LogP contribution is -2.02. The molecule has 1 aliphatic rings. The highest BCUT2D eigenvalue weighted by Crippen LogP contribution is 2.49. The fourth-order valence-corrected chi connectivity index (χ4v) is 1.88. The zero-order chi connectivity index (χ0) is 10.1. The van der Waals surface area contributed by atoms with E-state index in [1.54, 1.807) is 13.2 Å². The second kappa shape index (κ2) is 3.58. The Morgan fingerprint density at radius 2 is 2.36 bits per heavy atom. The molecule has 1 aromatic rings. The van der Waals surface area contributed by atoms with Crippen molar-refractivity contribution in [2.24, 2.45) is 11.7 Å². The van der Waals surface area contributed by atoms with E-state index in [0.29, 0.717) is 24.1 Å². The van der Waals surface area contributed by atoms with E-state index in [2.05, 4.69) is 0 Å². The Balaban J connectivity index is 2.25. The molecule has 2 nitrogen and oxygen atoms in total. The summed E-state index contributed by atoms with van der Waals surface area (Å²) < 4.78 is 18.0. The number of methoxy groups -OCH3 is 1. The van der Waals surface area contributed by atoms with Gasteiger partial charge in [-0.1, -0.05) is 6.07 Å². The van der Waals surface area contributed by atoms with Crippen LogP contribution in [0.15, 0.2) is 18.2 Å². The first kappa shape index (κ1) is 9.46. The van der Waals surface area contributed by atoms with E-state index < -0.39 is 0 Å². The van der Waals surface area contributed by atoms with Crippen molar-refractivity contribution in [2.75, 3.05) is 13.7 Å². The summed E-state index contributed by atoms with van der Waals surface area (Å²) in [6, 6.07) is 4.71. The molecule has 76 valence electrons. The molecule has 2 N–H and O–H groups in total. The van der Waals surface area contributed by atoms with Crippen molar-refractivity contribution in [3.63, 3.8) is 0 Å². The predicted molar refractivity (Wildman–Crippen MR) is 52.9 cm³/mol. The SMILES string of the molecule is COc1cc(F)ccc1C1CC1CN. The number of hydrogen-bond donors (Lipinski definition) is 1. The summed E-state index contributed by atoms with van der Waals surface area (Å²) in [5, 5.41) is 0. The lowest BCUT2D eigenvalue weighted by atomic mass is 10.1. The molecule has 0 spiro atoms. The molecule has 1 fully saturated rings. The average Bonchev–Trinajstić information content (AvgIpc) is 2.96. The van der Waals surface area contributed by atoms with Crippen LogP contribution in [0.25, 0.3) is 0 Å². The van der Waals surface area contributed by atoms with Crippen molar-refractivity contribution in [1.82, 2.24) is 0 Å². The molecular weight excluding hydrogens is 181 g/mol. The lowest BCUT2D eigenvalue weighted by Gasteiger charge is -2.07. The van der Waals surface area contributed by atoms with Gasteiger partial charge in [0.2, 0.25) is 0 Å². The van der Waals surface area contributed by atoms with E-state index in [9.17, 15) is 4.39 Å². The summed E-state index contributed by atoms with van der Waals surface area (Å²) in [5.74, 6) is 1.41. The van der Waals surface area contributed by atoms with Crippen LogP contribution < -0.4 is 10.5 Å². The predicted octanol–water partition coefficient (Wildman–Crippen LogP) is 1.90. The number of ether oxygens (including phenoxy) is 1. The summed E-state index contributed by atoms with van der Waals surface area (Å²) >= 11 is 0. The Kier molecular flexibility index (Phi) is 2.42. The van der Waals surface area contributed by atoms with Gasteiger partial charge < -0.3 is 10.5 Å². The van der Waals surface area contributed by atoms with Crippen molar-refractivity contribution >= 4 is 0 Å². The summed E-state index contributed by atoms with van der Waals surface area (Å²) in [5.41, 5.74) is 6.66. The molecule has 0 bridgehead atoms. The molecule has 14 heavy (non-hydrogen) atoms. The third-order valence-electron chi connectivity index (χ3n) is 2.82. The van der Waals surface area contributed by atoms with Crippen molar-refractivity contribution in [3.8, 4) is 5.75 Å². The molecule has 0 heterocycles. The minimum atomic E-state index is -0.254. The standard InChI is InChI=1S/C11H14FNO/c1-14-11-5-8(12)2-3-9(11)10-4-7(10)6-13/h2-3,5,7,10H,4,6,13H2,1H3. The van der Waals surface area contributed by atoms with Gasteiger partial charge in [-0.2, -0.15) is 0 Å². The second-order valence-corrected chi connectivity index (χ2v) is 3.72. The molecule has 1 aromatic carbocycles.